The van der Waals surface area contributed by atoms with E-state index < -0.39 is 63.1 Å². The summed E-state index contributed by atoms with van der Waals surface area (Å²) in [5, 5.41) is 0. The predicted molar refractivity (Wildman–Crippen MR) is 169 cm³/mol. The van der Waals surface area contributed by atoms with Gasteiger partial charge >= 0.3 is 18.4 Å². The second-order valence-corrected chi connectivity index (χ2v) is 14.5. The SMILES string of the molecule is COc1ccccc1COC(c1ccc([C@]2(S(=O)(=O)c3ccc(F)cc3)CCN(C(=O)N3CCN(C(C)=O)CC3)C2)cc1)(C(F)(F)F)C(F)(F)F. The molecule has 0 saturated carbocycles. The highest BCUT2D eigenvalue weighted by molar-refractivity contribution is 7.92. The molecule has 0 aliphatic carbocycles. The van der Waals surface area contributed by atoms with Gasteiger partial charge in [-0.3, -0.25) is 4.79 Å². The minimum Gasteiger partial charge on any atom is -0.496 e. The lowest BCUT2D eigenvalue weighted by atomic mass is 9.88. The third-order valence-corrected chi connectivity index (χ3v) is 11.9. The Morgan fingerprint density at radius 1 is 0.784 bits per heavy atom. The number of halogens is 7. The molecule has 3 aromatic rings. The zero-order valence-electron chi connectivity index (χ0n) is 27.4. The lowest BCUT2D eigenvalue weighted by Crippen LogP contribution is -2.56. The summed E-state index contributed by atoms with van der Waals surface area (Å²) in [4.78, 5) is 29.2. The van der Waals surface area contributed by atoms with Crippen molar-refractivity contribution < 1.29 is 58.2 Å². The van der Waals surface area contributed by atoms with Crippen LogP contribution in [0.3, 0.4) is 0 Å². The molecule has 2 aliphatic heterocycles. The molecule has 0 bridgehead atoms. The number of likely N-dealkylation sites (tertiary alicyclic amines) is 1. The summed E-state index contributed by atoms with van der Waals surface area (Å²) < 4.78 is 138. The van der Waals surface area contributed by atoms with Gasteiger partial charge in [-0.2, -0.15) is 26.3 Å². The summed E-state index contributed by atoms with van der Waals surface area (Å²) in [6.07, 6.45) is -12.3. The van der Waals surface area contributed by atoms with Gasteiger partial charge in [-0.15, -0.1) is 0 Å². The first-order valence-electron chi connectivity index (χ1n) is 15.7. The van der Waals surface area contributed by atoms with Crippen LogP contribution in [-0.4, -0.2) is 93.8 Å². The third-order valence-electron chi connectivity index (χ3n) is 9.39. The van der Waals surface area contributed by atoms with Crippen molar-refractivity contribution in [2.24, 2.45) is 0 Å². The van der Waals surface area contributed by atoms with Crippen LogP contribution in [0.4, 0.5) is 35.5 Å². The number of carbonyl (C=O) groups excluding carboxylic acids is 2. The van der Waals surface area contributed by atoms with E-state index in [1.165, 1.54) is 48.1 Å². The van der Waals surface area contributed by atoms with Gasteiger partial charge in [0.2, 0.25) is 5.91 Å². The number of methoxy groups -OCH3 is 1. The summed E-state index contributed by atoms with van der Waals surface area (Å²) in [6.45, 7) is 0.407. The molecule has 0 N–H and O–H groups in total. The van der Waals surface area contributed by atoms with Crippen LogP contribution in [0.1, 0.15) is 30.0 Å². The molecule has 0 unspecified atom stereocenters. The van der Waals surface area contributed by atoms with Crippen LogP contribution >= 0.6 is 0 Å². The van der Waals surface area contributed by atoms with Crippen molar-refractivity contribution in [3.63, 3.8) is 0 Å². The second-order valence-electron chi connectivity index (χ2n) is 12.3. The maximum atomic E-state index is 14.7. The number of hydrogen-bond donors (Lipinski definition) is 0. The maximum absolute atomic E-state index is 14.7. The van der Waals surface area contributed by atoms with Crippen molar-refractivity contribution in [2.75, 3.05) is 46.4 Å². The molecule has 2 saturated heterocycles. The van der Waals surface area contributed by atoms with E-state index in [-0.39, 0.29) is 66.8 Å². The van der Waals surface area contributed by atoms with Crippen molar-refractivity contribution >= 4 is 21.8 Å². The first-order valence-corrected chi connectivity index (χ1v) is 17.2. The average Bonchev–Trinajstić information content (AvgIpc) is 3.55. The largest absolute Gasteiger partial charge is 0.496 e. The van der Waals surface area contributed by atoms with E-state index in [4.69, 9.17) is 9.47 Å². The molecule has 2 heterocycles. The molecule has 3 aromatic carbocycles. The third kappa shape index (κ3) is 6.84. The number of benzene rings is 3. The van der Waals surface area contributed by atoms with E-state index in [9.17, 15) is 48.7 Å². The summed E-state index contributed by atoms with van der Waals surface area (Å²) >= 11 is 0. The number of nitrogens with zero attached hydrogens (tertiary/aromatic N) is 3. The van der Waals surface area contributed by atoms with Crippen LogP contribution in [-0.2, 0) is 36.3 Å². The van der Waals surface area contributed by atoms with Crippen LogP contribution in [0.25, 0.3) is 0 Å². The molecule has 2 fully saturated rings. The number of hydrogen-bond acceptors (Lipinski definition) is 6. The molecule has 0 radical (unpaired) electrons. The van der Waals surface area contributed by atoms with Crippen LogP contribution in [0, 0.1) is 5.82 Å². The molecule has 1 atom stereocenters. The van der Waals surface area contributed by atoms with Crippen LogP contribution in [0.15, 0.2) is 77.7 Å². The highest BCUT2D eigenvalue weighted by Gasteiger charge is 2.73. The molecular weight excluding hydrogens is 711 g/mol. The summed E-state index contributed by atoms with van der Waals surface area (Å²) in [5.41, 5.74) is -6.46. The molecule has 276 valence electrons. The van der Waals surface area contributed by atoms with E-state index in [2.05, 4.69) is 0 Å². The van der Waals surface area contributed by atoms with Gasteiger partial charge < -0.3 is 24.2 Å². The van der Waals surface area contributed by atoms with E-state index in [1.807, 2.05) is 0 Å². The van der Waals surface area contributed by atoms with Gasteiger partial charge in [0.15, 0.2) is 9.84 Å². The highest BCUT2D eigenvalue weighted by Crippen LogP contribution is 2.54. The monoisotopic (exact) mass is 745 g/mol. The summed E-state index contributed by atoms with van der Waals surface area (Å²) in [6, 6.07) is 11.5. The number of para-hydroxylation sites is 1. The fourth-order valence-electron chi connectivity index (χ4n) is 6.56. The van der Waals surface area contributed by atoms with Crippen molar-refractivity contribution in [3.8, 4) is 5.75 Å². The molecular formula is C34H34F7N3O6S. The van der Waals surface area contributed by atoms with Crippen molar-refractivity contribution in [2.45, 2.75) is 47.5 Å². The van der Waals surface area contributed by atoms with Crippen LogP contribution in [0.2, 0.25) is 0 Å². The van der Waals surface area contributed by atoms with Gasteiger partial charge in [-0.05, 0) is 42.3 Å². The number of carbonyl (C=O) groups is 2. The van der Waals surface area contributed by atoms with E-state index in [0.717, 1.165) is 36.4 Å². The lowest BCUT2D eigenvalue weighted by molar-refractivity contribution is -0.392. The quantitative estimate of drug-likeness (QED) is 0.207. The smallest absolute Gasteiger partial charge is 0.430 e. The standard InChI is InChI=1S/C34H34F7N3O6S/c1-23(45)42-17-19-43(20-18-42)30(46)44-16-15-31(22-44,51(47,48)28-13-11-27(35)12-14-28)25-7-9-26(10-8-25)32(33(36,37)38,34(39,40)41)50-21-24-5-3-4-6-29(24)49-2/h3-14H,15-22H2,1-2H3/t31-/m0/s1. The number of sulfone groups is 1. The van der Waals surface area contributed by atoms with Crippen molar-refractivity contribution in [1.82, 2.24) is 14.7 Å². The fourth-order valence-corrected chi connectivity index (χ4v) is 8.64. The number of ether oxygens (including phenoxy) is 2. The maximum Gasteiger partial charge on any atom is 0.430 e. The number of urea groups is 1. The van der Waals surface area contributed by atoms with E-state index in [0.29, 0.717) is 12.1 Å². The molecule has 17 heteroatoms. The van der Waals surface area contributed by atoms with Gasteiger partial charge in [-0.1, -0.05) is 42.5 Å². The first-order chi connectivity index (χ1) is 23.9. The van der Waals surface area contributed by atoms with Crippen molar-refractivity contribution in [3.05, 3.63) is 95.3 Å². The Morgan fingerprint density at radius 2 is 1.35 bits per heavy atom. The Balaban J connectivity index is 1.56. The average molecular weight is 746 g/mol. The number of rotatable bonds is 8. The minimum absolute atomic E-state index is 0.0000973. The highest BCUT2D eigenvalue weighted by atomic mass is 32.2. The molecule has 0 aromatic heterocycles. The Morgan fingerprint density at radius 3 is 1.90 bits per heavy atom. The molecule has 9 nitrogen and oxygen atoms in total. The van der Waals surface area contributed by atoms with Gasteiger partial charge in [-0.25, -0.2) is 17.6 Å². The predicted octanol–water partition coefficient (Wildman–Crippen LogP) is 6.03. The molecule has 0 spiro atoms. The van der Waals surface area contributed by atoms with Gasteiger partial charge in [0.25, 0.3) is 5.60 Å². The number of alkyl halides is 6. The first kappa shape index (κ1) is 37.9. The molecule has 2 aliphatic rings. The van der Waals surface area contributed by atoms with E-state index >= 15 is 0 Å². The minimum atomic E-state index is -6.03. The van der Waals surface area contributed by atoms with E-state index in [1.54, 1.807) is 4.90 Å². The van der Waals surface area contributed by atoms with Gasteiger partial charge in [0.05, 0.1) is 18.6 Å². The molecule has 3 amide bonds. The van der Waals surface area contributed by atoms with Crippen LogP contribution < -0.4 is 4.74 Å². The number of piperazine rings is 1. The topological polar surface area (TPSA) is 96.5 Å². The van der Waals surface area contributed by atoms with Crippen LogP contribution in [0.5, 0.6) is 5.75 Å². The van der Waals surface area contributed by atoms with Gasteiger partial charge in [0, 0.05) is 57.3 Å². The van der Waals surface area contributed by atoms with Crippen molar-refractivity contribution in [1.29, 1.82) is 0 Å². The second kappa shape index (κ2) is 14.0. The Hall–Kier alpha value is -4.38. The lowest BCUT2D eigenvalue weighted by Gasteiger charge is -2.38. The Kier molecular flexibility index (Phi) is 10.4. The fraction of sp³-hybridized carbons (Fsp3) is 0.412. The Labute approximate surface area is 289 Å². The molecule has 5 rings (SSSR count). The zero-order chi connectivity index (χ0) is 37.4. The molecule has 51 heavy (non-hydrogen) atoms. The Bertz CT molecular complexity index is 1830. The number of amides is 3. The normalized spacial score (nSPS) is 19.0. The van der Waals surface area contributed by atoms with Gasteiger partial charge in [0.1, 0.15) is 16.3 Å². The zero-order valence-corrected chi connectivity index (χ0v) is 28.2. The summed E-state index contributed by atoms with van der Waals surface area (Å²) in [5.74, 6) is -0.925. The summed E-state index contributed by atoms with van der Waals surface area (Å²) in [7, 11) is -3.37.